The highest BCUT2D eigenvalue weighted by Gasteiger charge is 2.14. The molecule has 0 saturated carbocycles. The molecule has 1 heterocycles. The lowest BCUT2D eigenvalue weighted by atomic mass is 10.1. The van der Waals surface area contributed by atoms with Crippen molar-refractivity contribution in [3.63, 3.8) is 0 Å². The number of nitrogens with zero attached hydrogens (tertiary/aromatic N) is 2. The highest BCUT2D eigenvalue weighted by molar-refractivity contribution is 5.58. The summed E-state index contributed by atoms with van der Waals surface area (Å²) >= 11 is 0. The fourth-order valence-electron chi connectivity index (χ4n) is 1.92. The Bertz CT molecular complexity index is 724. The summed E-state index contributed by atoms with van der Waals surface area (Å²) in [6.07, 6.45) is 8.96. The van der Waals surface area contributed by atoms with Crippen LogP contribution < -0.4 is 9.90 Å². The molecule has 0 N–H and O–H groups in total. The van der Waals surface area contributed by atoms with Crippen molar-refractivity contribution in [1.82, 2.24) is 5.10 Å². The second-order valence-electron chi connectivity index (χ2n) is 4.09. The molecule has 3 heteroatoms. The van der Waals surface area contributed by atoms with E-state index < -0.39 is 0 Å². The minimum atomic E-state index is 0.594. The first-order chi connectivity index (χ1) is 8.84. The summed E-state index contributed by atoms with van der Waals surface area (Å²) in [6, 6.07) is 9.83. The molecule has 0 radical (unpaired) electrons. The van der Waals surface area contributed by atoms with Crippen molar-refractivity contribution in [3.8, 4) is 11.5 Å². The Morgan fingerprint density at radius 2 is 2.00 bits per heavy atom. The minimum Gasteiger partial charge on any atom is -0.377 e. The van der Waals surface area contributed by atoms with E-state index in [0.29, 0.717) is 11.4 Å². The molecule has 1 aromatic carbocycles. The topological polar surface area (TPSA) is 31.9 Å². The molecule has 0 unspecified atom stereocenters. The van der Waals surface area contributed by atoms with Crippen LogP contribution in [-0.2, 0) is 0 Å². The van der Waals surface area contributed by atoms with Crippen molar-refractivity contribution in [1.29, 1.82) is 0 Å². The van der Waals surface area contributed by atoms with Gasteiger partial charge >= 0.3 is 5.55 Å². The Labute approximate surface area is 105 Å². The molecular formula is C15H13N2O+. The summed E-state index contributed by atoms with van der Waals surface area (Å²) in [4.78, 5) is 0. The van der Waals surface area contributed by atoms with Crippen LogP contribution in [0.5, 0.6) is 0 Å². The predicted molar refractivity (Wildman–Crippen MR) is 68.8 cm³/mol. The van der Waals surface area contributed by atoms with Gasteiger partial charge in [-0.3, -0.25) is 0 Å². The van der Waals surface area contributed by atoms with Crippen LogP contribution in [0.4, 0.5) is 0 Å². The zero-order chi connectivity index (χ0) is 12.4. The van der Waals surface area contributed by atoms with Gasteiger partial charge in [0.15, 0.2) is 6.72 Å². The van der Waals surface area contributed by atoms with Gasteiger partial charge in [-0.05, 0) is 22.6 Å². The summed E-state index contributed by atoms with van der Waals surface area (Å²) in [5.41, 5.74) is 2.74. The molecular weight excluding hydrogens is 224 g/mol. The molecule has 1 aliphatic rings. The molecule has 0 spiro atoms. The number of benzene rings is 1. The lowest BCUT2D eigenvalue weighted by Crippen LogP contribution is -2.35. The van der Waals surface area contributed by atoms with Gasteiger partial charge in [-0.2, -0.15) is 0 Å². The number of aromatic nitrogens is 2. The molecule has 0 aliphatic heterocycles. The molecule has 3 rings (SSSR count). The van der Waals surface area contributed by atoms with Crippen LogP contribution in [0.1, 0.15) is 6.42 Å². The average molecular weight is 237 g/mol. The minimum absolute atomic E-state index is 0.594. The fourth-order valence-corrected chi connectivity index (χ4v) is 1.92. The summed E-state index contributed by atoms with van der Waals surface area (Å²) < 4.78 is 7.35. The number of hydrogen-bond donors (Lipinski definition) is 0. The molecule has 1 aromatic heterocycles. The second kappa shape index (κ2) is 4.45. The van der Waals surface area contributed by atoms with Gasteiger partial charge in [-0.1, -0.05) is 36.4 Å². The van der Waals surface area contributed by atoms with Gasteiger partial charge < -0.3 is 4.42 Å². The Morgan fingerprint density at radius 1 is 1.17 bits per heavy atom. The van der Waals surface area contributed by atoms with Crippen molar-refractivity contribution in [2.24, 2.45) is 0 Å². The van der Waals surface area contributed by atoms with E-state index in [1.165, 1.54) is 0 Å². The summed E-state index contributed by atoms with van der Waals surface area (Å²) in [6.45, 7) is 3.87. The van der Waals surface area contributed by atoms with Gasteiger partial charge in [-0.15, -0.1) is 0 Å². The number of allylic oxidation sites excluding steroid dienone is 4. The van der Waals surface area contributed by atoms with Crippen LogP contribution >= 0.6 is 0 Å². The van der Waals surface area contributed by atoms with E-state index in [0.717, 1.165) is 17.6 Å². The van der Waals surface area contributed by atoms with Gasteiger partial charge in [0.05, 0.1) is 5.57 Å². The molecule has 3 nitrogen and oxygen atoms in total. The molecule has 0 atom stereocenters. The SMILES string of the molecule is C=[n+]1nc(-c2ccccc2)o/c1=C1/C=CC=CC1. The zero-order valence-corrected chi connectivity index (χ0v) is 9.91. The largest absolute Gasteiger partial charge is 0.409 e. The number of hydrogen-bond acceptors (Lipinski definition) is 2. The third-order valence-electron chi connectivity index (χ3n) is 2.82. The number of rotatable bonds is 1. The van der Waals surface area contributed by atoms with Crippen molar-refractivity contribution in [3.05, 3.63) is 66.9 Å². The fraction of sp³-hybridized carbons (Fsp3) is 0.0667. The van der Waals surface area contributed by atoms with E-state index in [1.807, 2.05) is 48.6 Å². The standard InChI is InChI=1S/C15H13N2O/c1-17-15(13-10-6-3-7-11-13)18-14(16-17)12-8-4-2-5-9-12/h2-10H,1,11H2/q+1/b15-13-. The van der Waals surface area contributed by atoms with Crippen LogP contribution in [0.2, 0.25) is 0 Å². The van der Waals surface area contributed by atoms with Crippen molar-refractivity contribution >= 4 is 5.57 Å². The molecule has 88 valence electrons. The van der Waals surface area contributed by atoms with Crippen LogP contribution in [0, 0.1) is 6.72 Å². The third kappa shape index (κ3) is 1.91. The van der Waals surface area contributed by atoms with Crippen molar-refractivity contribution in [2.75, 3.05) is 0 Å². The van der Waals surface area contributed by atoms with Crippen LogP contribution in [0.3, 0.4) is 0 Å². The first-order valence-electron chi connectivity index (χ1n) is 5.83. The first kappa shape index (κ1) is 10.7. The Balaban J connectivity index is 2.16. The summed E-state index contributed by atoms with van der Waals surface area (Å²) in [5.74, 6) is 0.594. The van der Waals surface area contributed by atoms with Gasteiger partial charge in [0.2, 0.25) is 0 Å². The lowest BCUT2D eigenvalue weighted by Gasteiger charge is -1.94. The summed E-state index contributed by atoms with van der Waals surface area (Å²) in [7, 11) is 0. The maximum absolute atomic E-state index is 5.81. The quantitative estimate of drug-likeness (QED) is 0.710. The van der Waals surface area contributed by atoms with E-state index in [4.69, 9.17) is 4.42 Å². The first-order valence-corrected chi connectivity index (χ1v) is 5.83. The molecule has 2 aromatic rings. The van der Waals surface area contributed by atoms with Crippen LogP contribution in [0.15, 0.2) is 59.1 Å². The van der Waals surface area contributed by atoms with Gasteiger partial charge in [0.1, 0.15) is 0 Å². The van der Waals surface area contributed by atoms with Crippen LogP contribution in [0.25, 0.3) is 17.0 Å². The molecule has 18 heavy (non-hydrogen) atoms. The Kier molecular flexibility index (Phi) is 2.65. The van der Waals surface area contributed by atoms with Gasteiger partial charge in [0, 0.05) is 17.1 Å². The monoisotopic (exact) mass is 237 g/mol. The smallest absolute Gasteiger partial charge is 0.377 e. The molecule has 0 amide bonds. The van der Waals surface area contributed by atoms with Crippen molar-refractivity contribution < 1.29 is 8.77 Å². The van der Waals surface area contributed by atoms with E-state index in [2.05, 4.69) is 17.9 Å². The summed E-state index contributed by atoms with van der Waals surface area (Å²) in [5, 5.41) is 4.32. The van der Waals surface area contributed by atoms with E-state index in [-0.39, 0.29) is 0 Å². The predicted octanol–water partition coefficient (Wildman–Crippen LogP) is 1.94. The normalized spacial score (nSPS) is 17.1. The van der Waals surface area contributed by atoms with Crippen molar-refractivity contribution in [2.45, 2.75) is 6.42 Å². The van der Waals surface area contributed by atoms with Crippen LogP contribution in [-0.4, -0.2) is 5.10 Å². The lowest BCUT2D eigenvalue weighted by molar-refractivity contribution is -0.583. The van der Waals surface area contributed by atoms with Gasteiger partial charge in [0.25, 0.3) is 5.89 Å². The molecule has 0 fully saturated rings. The highest BCUT2D eigenvalue weighted by Crippen LogP contribution is 2.14. The molecule has 0 bridgehead atoms. The van der Waals surface area contributed by atoms with Gasteiger partial charge in [-0.25, -0.2) is 0 Å². The zero-order valence-electron chi connectivity index (χ0n) is 9.91. The maximum atomic E-state index is 5.81. The highest BCUT2D eigenvalue weighted by atomic mass is 16.4. The molecule has 1 aliphatic carbocycles. The third-order valence-corrected chi connectivity index (χ3v) is 2.82. The maximum Gasteiger partial charge on any atom is 0.409 e. The Hall–Kier alpha value is -2.42. The average Bonchev–Trinajstić information content (AvgIpc) is 2.83. The van der Waals surface area contributed by atoms with E-state index >= 15 is 0 Å². The van der Waals surface area contributed by atoms with E-state index in [9.17, 15) is 0 Å². The van der Waals surface area contributed by atoms with E-state index in [1.54, 1.807) is 4.36 Å². The molecule has 0 saturated heterocycles. The Morgan fingerprint density at radius 3 is 2.72 bits per heavy atom. The second-order valence-corrected chi connectivity index (χ2v) is 4.09.